The topological polar surface area (TPSA) is 3.24 Å². The molecule has 2 atom stereocenters. The van der Waals surface area contributed by atoms with E-state index < -0.39 is 0 Å². The Morgan fingerprint density at radius 3 is 1.50 bits per heavy atom. The van der Waals surface area contributed by atoms with Crippen molar-refractivity contribution in [3.05, 3.63) is 71.8 Å². The third-order valence-electron chi connectivity index (χ3n) is 4.07. The van der Waals surface area contributed by atoms with E-state index in [1.165, 1.54) is 24.0 Å². The molecule has 2 aromatic rings. The van der Waals surface area contributed by atoms with Crippen LogP contribution in [-0.4, -0.2) is 11.9 Å². The molecule has 1 aliphatic heterocycles. The average molecular weight is 237 g/mol. The van der Waals surface area contributed by atoms with Gasteiger partial charge in [0.05, 0.1) is 0 Å². The Morgan fingerprint density at radius 2 is 1.11 bits per heavy atom. The zero-order valence-corrected chi connectivity index (χ0v) is 10.8. The van der Waals surface area contributed by atoms with Crippen molar-refractivity contribution in [2.75, 3.05) is 7.05 Å². The van der Waals surface area contributed by atoms with Gasteiger partial charge in [-0.2, -0.15) is 0 Å². The van der Waals surface area contributed by atoms with E-state index in [0.717, 1.165) is 0 Å². The molecular weight excluding hydrogens is 218 g/mol. The summed E-state index contributed by atoms with van der Waals surface area (Å²) in [7, 11) is 2.25. The molecule has 3 rings (SSSR count). The normalized spacial score (nSPS) is 24.3. The van der Waals surface area contributed by atoms with Crippen molar-refractivity contribution in [2.45, 2.75) is 24.9 Å². The molecule has 0 spiro atoms. The lowest BCUT2D eigenvalue weighted by Gasteiger charge is -2.26. The van der Waals surface area contributed by atoms with Crippen LogP contribution in [0.2, 0.25) is 0 Å². The van der Waals surface area contributed by atoms with Gasteiger partial charge in [-0.1, -0.05) is 60.7 Å². The van der Waals surface area contributed by atoms with Gasteiger partial charge in [0.2, 0.25) is 0 Å². The summed E-state index contributed by atoms with van der Waals surface area (Å²) in [6, 6.07) is 22.8. The van der Waals surface area contributed by atoms with Gasteiger partial charge < -0.3 is 0 Å². The minimum atomic E-state index is 0.566. The Labute approximate surface area is 109 Å². The fraction of sp³-hybridized carbons (Fsp3) is 0.294. The van der Waals surface area contributed by atoms with Crippen LogP contribution in [0.4, 0.5) is 0 Å². The summed E-state index contributed by atoms with van der Waals surface area (Å²) in [5.41, 5.74) is 2.89. The first kappa shape index (κ1) is 11.5. The van der Waals surface area contributed by atoms with Gasteiger partial charge in [-0.25, -0.2) is 0 Å². The zero-order valence-electron chi connectivity index (χ0n) is 10.8. The van der Waals surface area contributed by atoms with Crippen molar-refractivity contribution >= 4 is 0 Å². The summed E-state index contributed by atoms with van der Waals surface area (Å²) >= 11 is 0. The van der Waals surface area contributed by atoms with Crippen LogP contribution in [0.3, 0.4) is 0 Å². The lowest BCUT2D eigenvalue weighted by atomic mass is 10.0. The molecule has 18 heavy (non-hydrogen) atoms. The highest BCUT2D eigenvalue weighted by atomic mass is 15.2. The largest absolute Gasteiger partial charge is 0.292 e. The van der Waals surface area contributed by atoms with Gasteiger partial charge in [0.1, 0.15) is 0 Å². The summed E-state index contributed by atoms with van der Waals surface area (Å²) in [5, 5.41) is 0. The number of benzene rings is 2. The summed E-state index contributed by atoms with van der Waals surface area (Å²) in [5.74, 6) is 0. The van der Waals surface area contributed by atoms with Crippen molar-refractivity contribution in [3.8, 4) is 0 Å². The monoisotopic (exact) mass is 237 g/mol. The Kier molecular flexibility index (Phi) is 3.16. The van der Waals surface area contributed by atoms with Crippen LogP contribution in [0.1, 0.15) is 36.1 Å². The fourth-order valence-corrected chi connectivity index (χ4v) is 3.09. The molecule has 0 aromatic heterocycles. The number of rotatable bonds is 2. The van der Waals surface area contributed by atoms with Crippen LogP contribution in [0.25, 0.3) is 0 Å². The highest BCUT2D eigenvalue weighted by molar-refractivity contribution is 5.25. The van der Waals surface area contributed by atoms with Gasteiger partial charge in [-0.15, -0.1) is 0 Å². The van der Waals surface area contributed by atoms with Gasteiger partial charge >= 0.3 is 0 Å². The summed E-state index contributed by atoms with van der Waals surface area (Å²) in [4.78, 5) is 2.52. The predicted molar refractivity (Wildman–Crippen MR) is 75.4 cm³/mol. The van der Waals surface area contributed by atoms with Crippen molar-refractivity contribution in [3.63, 3.8) is 0 Å². The third kappa shape index (κ3) is 2.06. The van der Waals surface area contributed by atoms with E-state index in [-0.39, 0.29) is 0 Å². The van der Waals surface area contributed by atoms with E-state index in [0.29, 0.717) is 12.1 Å². The zero-order chi connectivity index (χ0) is 12.4. The first-order valence-corrected chi connectivity index (χ1v) is 6.68. The Hall–Kier alpha value is -1.60. The minimum absolute atomic E-state index is 0.566. The third-order valence-corrected chi connectivity index (χ3v) is 4.07. The summed E-state index contributed by atoms with van der Waals surface area (Å²) in [6.07, 6.45) is 2.50. The van der Waals surface area contributed by atoms with Gasteiger partial charge in [-0.3, -0.25) is 4.90 Å². The Morgan fingerprint density at radius 1 is 0.722 bits per heavy atom. The molecule has 2 aromatic carbocycles. The molecule has 1 heteroatoms. The van der Waals surface area contributed by atoms with E-state index in [2.05, 4.69) is 72.6 Å². The maximum absolute atomic E-state index is 2.52. The molecule has 0 saturated carbocycles. The molecule has 1 nitrogen and oxygen atoms in total. The minimum Gasteiger partial charge on any atom is -0.292 e. The molecule has 0 unspecified atom stereocenters. The molecule has 0 N–H and O–H groups in total. The van der Waals surface area contributed by atoms with Crippen LogP contribution in [0.5, 0.6) is 0 Å². The number of hydrogen-bond acceptors (Lipinski definition) is 1. The molecule has 1 aliphatic rings. The number of nitrogens with zero attached hydrogens (tertiary/aromatic N) is 1. The molecule has 92 valence electrons. The van der Waals surface area contributed by atoms with Crippen molar-refractivity contribution in [1.82, 2.24) is 4.90 Å². The van der Waals surface area contributed by atoms with E-state index in [1.807, 2.05) is 0 Å². The van der Waals surface area contributed by atoms with Crippen molar-refractivity contribution in [1.29, 1.82) is 0 Å². The van der Waals surface area contributed by atoms with E-state index >= 15 is 0 Å². The molecule has 1 heterocycles. The van der Waals surface area contributed by atoms with Crippen LogP contribution >= 0.6 is 0 Å². The second kappa shape index (κ2) is 4.95. The second-order valence-corrected chi connectivity index (χ2v) is 5.10. The Bertz CT molecular complexity index is 444. The molecular formula is C17H19N. The molecule has 1 saturated heterocycles. The van der Waals surface area contributed by atoms with E-state index in [4.69, 9.17) is 0 Å². The van der Waals surface area contributed by atoms with Gasteiger partial charge in [0.15, 0.2) is 0 Å². The predicted octanol–water partition coefficient (Wildman–Crippen LogP) is 4.19. The summed E-state index contributed by atoms with van der Waals surface area (Å²) in [6.45, 7) is 0. The maximum atomic E-state index is 2.52. The highest BCUT2D eigenvalue weighted by Gasteiger charge is 2.31. The Balaban J connectivity index is 1.83. The molecule has 1 fully saturated rings. The first-order valence-electron chi connectivity index (χ1n) is 6.68. The average Bonchev–Trinajstić information content (AvgIpc) is 2.83. The van der Waals surface area contributed by atoms with Crippen molar-refractivity contribution < 1.29 is 0 Å². The molecule has 0 amide bonds. The smallest absolute Gasteiger partial charge is 0.0351 e. The number of likely N-dealkylation sites (tertiary alicyclic amines) is 1. The lowest BCUT2D eigenvalue weighted by molar-refractivity contribution is 0.246. The van der Waals surface area contributed by atoms with Gasteiger partial charge in [-0.05, 0) is 31.0 Å². The van der Waals surface area contributed by atoms with Crippen molar-refractivity contribution in [2.24, 2.45) is 0 Å². The molecule has 0 bridgehead atoms. The van der Waals surface area contributed by atoms with Gasteiger partial charge in [0, 0.05) is 12.1 Å². The first-order chi connectivity index (χ1) is 8.86. The second-order valence-electron chi connectivity index (χ2n) is 5.10. The molecule has 0 radical (unpaired) electrons. The van der Waals surface area contributed by atoms with E-state index in [9.17, 15) is 0 Å². The van der Waals surface area contributed by atoms with Crippen LogP contribution in [0.15, 0.2) is 60.7 Å². The van der Waals surface area contributed by atoms with Gasteiger partial charge in [0.25, 0.3) is 0 Å². The molecule has 0 aliphatic carbocycles. The highest BCUT2D eigenvalue weighted by Crippen LogP contribution is 2.42. The standard InChI is InChI=1S/C17H19N/c1-18-16(14-8-4-2-5-9-14)12-13-17(18)15-10-6-3-7-11-15/h2-11,16-17H,12-13H2,1H3/t16-,17-/m1/s1. The summed E-state index contributed by atoms with van der Waals surface area (Å²) < 4.78 is 0. The fourth-order valence-electron chi connectivity index (χ4n) is 3.09. The SMILES string of the molecule is CN1[C@@H](c2ccccc2)CC[C@@H]1c1ccccc1. The number of hydrogen-bond donors (Lipinski definition) is 0. The maximum Gasteiger partial charge on any atom is 0.0351 e. The lowest BCUT2D eigenvalue weighted by Crippen LogP contribution is -2.21. The van der Waals surface area contributed by atoms with E-state index in [1.54, 1.807) is 0 Å². The quantitative estimate of drug-likeness (QED) is 0.757. The van der Waals surface area contributed by atoms with Crippen LogP contribution in [-0.2, 0) is 0 Å². The van der Waals surface area contributed by atoms with Crippen LogP contribution in [0, 0.1) is 0 Å². The van der Waals surface area contributed by atoms with Crippen LogP contribution < -0.4 is 0 Å².